The molecule has 2 rings (SSSR count). The van der Waals surface area contributed by atoms with Crippen molar-refractivity contribution >= 4 is 11.9 Å². The maximum Gasteiger partial charge on any atom is 0.320 e. The minimum absolute atomic E-state index is 0.0186. The maximum atomic E-state index is 12.6. The predicted octanol–water partition coefficient (Wildman–Crippen LogP) is -1.03. The van der Waals surface area contributed by atoms with Gasteiger partial charge in [0, 0.05) is 32.2 Å². The summed E-state index contributed by atoms with van der Waals surface area (Å²) in [4.78, 5) is 27.2. The van der Waals surface area contributed by atoms with E-state index in [1.807, 2.05) is 11.8 Å². The Morgan fingerprint density at radius 2 is 1.95 bits per heavy atom. The summed E-state index contributed by atoms with van der Waals surface area (Å²) in [6.07, 6.45) is 0. The average molecular weight is 285 g/mol. The maximum absolute atomic E-state index is 12.6. The van der Waals surface area contributed by atoms with Crippen molar-refractivity contribution in [2.24, 2.45) is 11.1 Å². The number of rotatable bonds is 3. The number of carboxylic acids is 1. The van der Waals surface area contributed by atoms with Crippen LogP contribution in [-0.2, 0) is 14.3 Å². The Morgan fingerprint density at radius 3 is 2.40 bits per heavy atom. The van der Waals surface area contributed by atoms with Crippen LogP contribution in [-0.4, -0.2) is 78.3 Å². The van der Waals surface area contributed by atoms with Crippen molar-refractivity contribution in [3.05, 3.63) is 0 Å². The molecule has 0 bridgehead atoms. The average Bonchev–Trinajstić information content (AvgIpc) is 2.78. The highest BCUT2D eigenvalue weighted by atomic mass is 16.5. The van der Waals surface area contributed by atoms with Gasteiger partial charge in [0.1, 0.15) is 6.04 Å². The van der Waals surface area contributed by atoms with E-state index in [1.165, 1.54) is 0 Å². The lowest BCUT2D eigenvalue weighted by molar-refractivity contribution is -0.146. The van der Waals surface area contributed by atoms with Gasteiger partial charge in [0.15, 0.2) is 0 Å². The molecule has 0 aromatic heterocycles. The van der Waals surface area contributed by atoms with Crippen LogP contribution in [0.3, 0.4) is 0 Å². The monoisotopic (exact) mass is 285 g/mol. The molecule has 2 aliphatic heterocycles. The SMILES string of the molecule is CC(C(=O)O)N1CCN(C(=O)C2(C)COCC2N)CC1. The third-order valence-electron chi connectivity index (χ3n) is 4.51. The molecule has 2 saturated heterocycles. The summed E-state index contributed by atoms with van der Waals surface area (Å²) in [5, 5.41) is 9.00. The summed E-state index contributed by atoms with van der Waals surface area (Å²) >= 11 is 0. The van der Waals surface area contributed by atoms with Gasteiger partial charge in [-0.2, -0.15) is 0 Å². The number of nitrogens with zero attached hydrogens (tertiary/aromatic N) is 2. The van der Waals surface area contributed by atoms with Gasteiger partial charge in [0.2, 0.25) is 5.91 Å². The van der Waals surface area contributed by atoms with E-state index in [4.69, 9.17) is 15.6 Å². The largest absolute Gasteiger partial charge is 0.480 e. The second kappa shape index (κ2) is 5.67. The second-order valence-electron chi connectivity index (χ2n) is 5.88. The number of piperazine rings is 1. The fourth-order valence-corrected chi connectivity index (χ4v) is 2.74. The van der Waals surface area contributed by atoms with Gasteiger partial charge in [-0.05, 0) is 13.8 Å². The quantitative estimate of drug-likeness (QED) is 0.688. The van der Waals surface area contributed by atoms with Crippen LogP contribution in [0.1, 0.15) is 13.8 Å². The first-order valence-electron chi connectivity index (χ1n) is 6.96. The fraction of sp³-hybridized carbons (Fsp3) is 0.846. The Hall–Kier alpha value is -1.18. The van der Waals surface area contributed by atoms with Crippen LogP contribution in [0.5, 0.6) is 0 Å². The first kappa shape index (κ1) is 15.2. The molecule has 0 spiro atoms. The third kappa shape index (κ3) is 2.65. The van der Waals surface area contributed by atoms with Crippen LogP contribution in [0.15, 0.2) is 0 Å². The molecule has 1 amide bonds. The zero-order chi connectivity index (χ0) is 14.9. The molecule has 20 heavy (non-hydrogen) atoms. The van der Waals surface area contributed by atoms with Gasteiger partial charge in [-0.1, -0.05) is 0 Å². The highest BCUT2D eigenvalue weighted by molar-refractivity contribution is 5.84. The molecule has 2 fully saturated rings. The van der Waals surface area contributed by atoms with Crippen LogP contribution in [0.25, 0.3) is 0 Å². The van der Waals surface area contributed by atoms with Crippen LogP contribution in [0.2, 0.25) is 0 Å². The molecule has 7 nitrogen and oxygen atoms in total. The van der Waals surface area contributed by atoms with Crippen molar-refractivity contribution in [3.8, 4) is 0 Å². The van der Waals surface area contributed by atoms with Crippen LogP contribution >= 0.6 is 0 Å². The van der Waals surface area contributed by atoms with Crippen molar-refractivity contribution in [3.63, 3.8) is 0 Å². The number of aliphatic carboxylic acids is 1. The molecule has 0 aromatic carbocycles. The van der Waals surface area contributed by atoms with E-state index in [0.717, 1.165) is 0 Å². The minimum Gasteiger partial charge on any atom is -0.480 e. The molecule has 0 radical (unpaired) electrons. The van der Waals surface area contributed by atoms with E-state index in [9.17, 15) is 9.59 Å². The smallest absolute Gasteiger partial charge is 0.320 e. The highest BCUT2D eigenvalue weighted by Gasteiger charge is 2.46. The number of carbonyl (C=O) groups is 2. The fourth-order valence-electron chi connectivity index (χ4n) is 2.74. The number of nitrogens with two attached hydrogens (primary N) is 1. The molecule has 3 unspecified atom stereocenters. The van der Waals surface area contributed by atoms with E-state index in [0.29, 0.717) is 39.4 Å². The number of hydrogen-bond acceptors (Lipinski definition) is 5. The standard InChI is InChI=1S/C13H23N3O4/c1-9(11(17)18)15-3-5-16(6-4-15)12(19)13(2)8-20-7-10(13)14/h9-10H,3-8,14H2,1-2H3,(H,17,18). The number of hydrogen-bond donors (Lipinski definition) is 2. The molecule has 3 atom stereocenters. The number of carbonyl (C=O) groups excluding carboxylic acids is 1. The third-order valence-corrected chi connectivity index (χ3v) is 4.51. The summed E-state index contributed by atoms with van der Waals surface area (Å²) in [7, 11) is 0. The van der Waals surface area contributed by atoms with Crippen LogP contribution < -0.4 is 5.73 Å². The number of ether oxygens (including phenoxy) is 1. The molecule has 114 valence electrons. The molecule has 7 heteroatoms. The lowest BCUT2D eigenvalue weighted by Crippen LogP contribution is -2.58. The summed E-state index contributed by atoms with van der Waals surface area (Å²) < 4.78 is 5.31. The highest BCUT2D eigenvalue weighted by Crippen LogP contribution is 2.30. The van der Waals surface area contributed by atoms with Gasteiger partial charge >= 0.3 is 5.97 Å². The van der Waals surface area contributed by atoms with E-state index in [-0.39, 0.29) is 11.9 Å². The summed E-state index contributed by atoms with van der Waals surface area (Å²) in [6.45, 7) is 6.52. The second-order valence-corrected chi connectivity index (χ2v) is 5.88. The normalized spacial score (nSPS) is 33.1. The van der Waals surface area contributed by atoms with Crippen LogP contribution in [0.4, 0.5) is 0 Å². The molecule has 2 aliphatic rings. The molecule has 0 aromatic rings. The van der Waals surface area contributed by atoms with Gasteiger partial charge in [-0.25, -0.2) is 0 Å². The van der Waals surface area contributed by atoms with Gasteiger partial charge in [-0.15, -0.1) is 0 Å². The zero-order valence-electron chi connectivity index (χ0n) is 12.0. The van der Waals surface area contributed by atoms with Crippen molar-refractivity contribution in [1.29, 1.82) is 0 Å². The Morgan fingerprint density at radius 1 is 1.35 bits per heavy atom. The van der Waals surface area contributed by atoms with E-state index < -0.39 is 17.4 Å². The first-order valence-corrected chi connectivity index (χ1v) is 6.96. The predicted molar refractivity (Wildman–Crippen MR) is 72.2 cm³/mol. The first-order chi connectivity index (χ1) is 9.36. The molecular formula is C13H23N3O4. The van der Waals surface area contributed by atoms with E-state index >= 15 is 0 Å². The molecule has 2 heterocycles. The molecule has 0 aliphatic carbocycles. The Balaban J connectivity index is 1.94. The Bertz CT molecular complexity index is 395. The van der Waals surface area contributed by atoms with Crippen LogP contribution in [0, 0.1) is 5.41 Å². The minimum atomic E-state index is -0.831. The van der Waals surface area contributed by atoms with Gasteiger partial charge in [-0.3, -0.25) is 14.5 Å². The molecule has 0 saturated carbocycles. The Kier molecular flexibility index (Phi) is 4.31. The van der Waals surface area contributed by atoms with E-state index in [1.54, 1.807) is 11.8 Å². The summed E-state index contributed by atoms with van der Waals surface area (Å²) in [5.41, 5.74) is 5.32. The lowest BCUT2D eigenvalue weighted by Gasteiger charge is -2.40. The summed E-state index contributed by atoms with van der Waals surface area (Å²) in [6, 6.07) is -0.786. The van der Waals surface area contributed by atoms with Crippen molar-refractivity contribution in [1.82, 2.24) is 9.80 Å². The number of amides is 1. The molecule has 3 N–H and O–H groups in total. The lowest BCUT2D eigenvalue weighted by atomic mass is 9.84. The molecular weight excluding hydrogens is 262 g/mol. The summed E-state index contributed by atoms with van der Waals surface area (Å²) in [5.74, 6) is -0.812. The Labute approximate surface area is 118 Å². The van der Waals surface area contributed by atoms with Gasteiger partial charge < -0.3 is 20.5 Å². The van der Waals surface area contributed by atoms with Crippen molar-refractivity contribution < 1.29 is 19.4 Å². The van der Waals surface area contributed by atoms with E-state index in [2.05, 4.69) is 0 Å². The topological polar surface area (TPSA) is 96.1 Å². The van der Waals surface area contributed by atoms with Crippen molar-refractivity contribution in [2.75, 3.05) is 39.4 Å². The van der Waals surface area contributed by atoms with Crippen molar-refractivity contribution in [2.45, 2.75) is 25.9 Å². The van der Waals surface area contributed by atoms with Gasteiger partial charge in [0.05, 0.1) is 18.6 Å². The number of carboxylic acid groups (broad SMARTS) is 1. The zero-order valence-corrected chi connectivity index (χ0v) is 12.0. The van der Waals surface area contributed by atoms with Gasteiger partial charge in [0.25, 0.3) is 0 Å².